The van der Waals surface area contributed by atoms with Crippen LogP contribution in [-0.4, -0.2) is 24.1 Å². The van der Waals surface area contributed by atoms with Crippen LogP contribution in [0.3, 0.4) is 0 Å². The second kappa shape index (κ2) is 4.21. The van der Waals surface area contributed by atoms with Gasteiger partial charge in [-0.3, -0.25) is 9.59 Å². The van der Waals surface area contributed by atoms with Gasteiger partial charge >= 0.3 is 11.9 Å². The molecule has 1 heterocycles. The molecule has 1 rings (SSSR count). The van der Waals surface area contributed by atoms with Crippen LogP contribution in [0.15, 0.2) is 0 Å². The largest absolute Gasteiger partial charge is 0.465 e. The van der Waals surface area contributed by atoms with E-state index in [1.54, 1.807) is 13.8 Å². The maximum absolute atomic E-state index is 11.4. The number of cyclic esters (lactones) is 1. The van der Waals surface area contributed by atoms with E-state index in [1.807, 2.05) is 13.8 Å². The topological polar surface area (TPSA) is 52.6 Å². The second-order valence-electron chi connectivity index (χ2n) is 4.76. The summed E-state index contributed by atoms with van der Waals surface area (Å²) in [7, 11) is 0. The molecule has 0 N–H and O–H groups in total. The first-order valence-corrected chi connectivity index (χ1v) is 5.21. The van der Waals surface area contributed by atoms with Crippen molar-refractivity contribution in [2.24, 2.45) is 11.8 Å². The van der Waals surface area contributed by atoms with Crippen LogP contribution >= 0.6 is 0 Å². The molecule has 1 aliphatic rings. The molecule has 0 aliphatic carbocycles. The van der Waals surface area contributed by atoms with Gasteiger partial charge < -0.3 is 9.47 Å². The van der Waals surface area contributed by atoms with E-state index in [0.29, 0.717) is 13.0 Å². The molecule has 1 atom stereocenters. The first-order valence-electron chi connectivity index (χ1n) is 5.21. The van der Waals surface area contributed by atoms with Crippen molar-refractivity contribution in [3.05, 3.63) is 0 Å². The summed E-state index contributed by atoms with van der Waals surface area (Å²) in [5, 5.41) is 0. The van der Waals surface area contributed by atoms with Crippen molar-refractivity contribution < 1.29 is 19.1 Å². The van der Waals surface area contributed by atoms with Crippen LogP contribution in [-0.2, 0) is 19.1 Å². The highest BCUT2D eigenvalue weighted by molar-refractivity contribution is 5.73. The summed E-state index contributed by atoms with van der Waals surface area (Å²) in [6.45, 7) is 7.56. The zero-order valence-corrected chi connectivity index (χ0v) is 9.70. The molecule has 1 fully saturated rings. The summed E-state index contributed by atoms with van der Waals surface area (Å²) in [5.41, 5.74) is -0.631. The van der Waals surface area contributed by atoms with Crippen LogP contribution in [0, 0.1) is 11.8 Å². The minimum absolute atomic E-state index is 0.0345. The molecule has 1 aliphatic heterocycles. The smallest absolute Gasteiger partial charge is 0.308 e. The van der Waals surface area contributed by atoms with Gasteiger partial charge in [0.25, 0.3) is 0 Å². The van der Waals surface area contributed by atoms with E-state index in [9.17, 15) is 9.59 Å². The Kier molecular flexibility index (Phi) is 3.37. The van der Waals surface area contributed by atoms with Gasteiger partial charge in [0.05, 0.1) is 18.9 Å². The summed E-state index contributed by atoms with van der Waals surface area (Å²) in [6, 6.07) is 0. The molecule has 0 aromatic rings. The highest BCUT2D eigenvalue weighted by atomic mass is 16.6. The van der Waals surface area contributed by atoms with Gasteiger partial charge in [0.1, 0.15) is 5.60 Å². The fraction of sp³-hybridized carbons (Fsp3) is 0.818. The molecule has 86 valence electrons. The third-order valence-corrected chi connectivity index (χ3v) is 2.68. The van der Waals surface area contributed by atoms with E-state index in [1.165, 1.54) is 0 Å². The van der Waals surface area contributed by atoms with Crippen LogP contribution in [0.2, 0.25) is 0 Å². The third-order valence-electron chi connectivity index (χ3n) is 2.68. The van der Waals surface area contributed by atoms with E-state index in [0.717, 1.165) is 0 Å². The lowest BCUT2D eigenvalue weighted by Gasteiger charge is -2.30. The van der Waals surface area contributed by atoms with Crippen molar-refractivity contribution >= 4 is 11.9 Å². The van der Waals surface area contributed by atoms with Gasteiger partial charge in [-0.2, -0.15) is 0 Å². The van der Waals surface area contributed by atoms with Gasteiger partial charge in [0.2, 0.25) is 0 Å². The molecule has 0 aromatic carbocycles. The average molecular weight is 214 g/mol. The fourth-order valence-corrected chi connectivity index (χ4v) is 1.42. The molecule has 0 saturated carbocycles. The Morgan fingerprint density at radius 1 is 1.53 bits per heavy atom. The van der Waals surface area contributed by atoms with Gasteiger partial charge in [0, 0.05) is 5.92 Å². The van der Waals surface area contributed by atoms with Gasteiger partial charge in [-0.15, -0.1) is 0 Å². The summed E-state index contributed by atoms with van der Waals surface area (Å²) in [5.74, 6) is -0.636. The molecule has 4 nitrogen and oxygen atoms in total. The molecule has 0 amide bonds. The minimum atomic E-state index is -0.631. The van der Waals surface area contributed by atoms with Gasteiger partial charge in [-0.25, -0.2) is 0 Å². The quantitative estimate of drug-likeness (QED) is 0.668. The summed E-state index contributed by atoms with van der Waals surface area (Å²) < 4.78 is 10.2. The molecule has 4 heteroatoms. The molecule has 0 radical (unpaired) electrons. The van der Waals surface area contributed by atoms with Crippen molar-refractivity contribution in [3.63, 3.8) is 0 Å². The fourth-order valence-electron chi connectivity index (χ4n) is 1.42. The maximum atomic E-state index is 11.4. The Morgan fingerprint density at radius 3 is 2.53 bits per heavy atom. The standard InChI is InChI=1S/C11H18O4/c1-7(2)10(13)15-11(3,4)8-5-9(12)14-6-8/h7-8H,5-6H2,1-4H3. The van der Waals surface area contributed by atoms with Crippen LogP contribution in [0.25, 0.3) is 0 Å². The highest BCUT2D eigenvalue weighted by Crippen LogP contribution is 2.30. The van der Waals surface area contributed by atoms with Gasteiger partial charge in [-0.05, 0) is 13.8 Å². The molecule has 0 spiro atoms. The number of carbonyl (C=O) groups excluding carboxylic acids is 2. The van der Waals surface area contributed by atoms with Gasteiger partial charge in [-0.1, -0.05) is 13.8 Å². The Labute approximate surface area is 89.9 Å². The van der Waals surface area contributed by atoms with Crippen LogP contribution in [0.1, 0.15) is 34.1 Å². The molecule has 15 heavy (non-hydrogen) atoms. The zero-order valence-electron chi connectivity index (χ0n) is 9.70. The van der Waals surface area contributed by atoms with Crippen molar-refractivity contribution in [2.75, 3.05) is 6.61 Å². The number of esters is 2. The Balaban J connectivity index is 2.58. The molecule has 0 bridgehead atoms. The Morgan fingerprint density at radius 2 is 2.13 bits per heavy atom. The zero-order chi connectivity index (χ0) is 11.6. The molecular formula is C11H18O4. The van der Waals surface area contributed by atoms with E-state index in [2.05, 4.69) is 0 Å². The SMILES string of the molecule is CC(C)C(=O)OC(C)(C)C1COC(=O)C1. The molecule has 1 saturated heterocycles. The predicted molar refractivity (Wildman–Crippen MR) is 54.1 cm³/mol. The summed E-state index contributed by atoms with van der Waals surface area (Å²) >= 11 is 0. The monoisotopic (exact) mass is 214 g/mol. The molecular weight excluding hydrogens is 196 g/mol. The lowest BCUT2D eigenvalue weighted by Crippen LogP contribution is -2.38. The van der Waals surface area contributed by atoms with E-state index in [4.69, 9.17) is 9.47 Å². The number of hydrogen-bond donors (Lipinski definition) is 0. The van der Waals surface area contributed by atoms with E-state index >= 15 is 0 Å². The Bertz CT molecular complexity index is 268. The highest BCUT2D eigenvalue weighted by Gasteiger charge is 2.40. The second-order valence-corrected chi connectivity index (χ2v) is 4.76. The summed E-state index contributed by atoms with van der Waals surface area (Å²) in [6.07, 6.45) is 0.332. The van der Waals surface area contributed by atoms with Crippen molar-refractivity contribution in [3.8, 4) is 0 Å². The minimum Gasteiger partial charge on any atom is -0.465 e. The van der Waals surface area contributed by atoms with Crippen molar-refractivity contribution in [1.29, 1.82) is 0 Å². The maximum Gasteiger partial charge on any atom is 0.308 e. The normalized spacial score (nSPS) is 21.7. The lowest BCUT2D eigenvalue weighted by atomic mass is 9.90. The van der Waals surface area contributed by atoms with Crippen LogP contribution in [0.4, 0.5) is 0 Å². The first kappa shape index (κ1) is 12.0. The lowest BCUT2D eigenvalue weighted by molar-refractivity contribution is -0.165. The van der Waals surface area contributed by atoms with Crippen molar-refractivity contribution in [2.45, 2.75) is 39.7 Å². The summed E-state index contributed by atoms with van der Waals surface area (Å²) in [4.78, 5) is 22.4. The first-order chi connectivity index (χ1) is 6.83. The van der Waals surface area contributed by atoms with Gasteiger partial charge in [0.15, 0.2) is 0 Å². The number of ether oxygens (including phenoxy) is 2. The van der Waals surface area contributed by atoms with Crippen molar-refractivity contribution in [1.82, 2.24) is 0 Å². The molecule has 0 aromatic heterocycles. The number of carbonyl (C=O) groups is 2. The van der Waals surface area contributed by atoms with Crippen LogP contribution in [0.5, 0.6) is 0 Å². The van der Waals surface area contributed by atoms with E-state index < -0.39 is 5.60 Å². The average Bonchev–Trinajstić information content (AvgIpc) is 2.51. The predicted octanol–water partition coefficient (Wildman–Crippen LogP) is 1.53. The number of hydrogen-bond acceptors (Lipinski definition) is 4. The number of rotatable bonds is 3. The third kappa shape index (κ3) is 2.94. The van der Waals surface area contributed by atoms with E-state index in [-0.39, 0.29) is 23.8 Å². The Hall–Kier alpha value is -1.06. The molecule has 1 unspecified atom stereocenters. The van der Waals surface area contributed by atoms with Crippen LogP contribution < -0.4 is 0 Å².